The fraction of sp³-hybridized carbons (Fsp3) is 0.529. The third kappa shape index (κ3) is 3.61. The number of aromatic nitrogens is 3. The van der Waals surface area contributed by atoms with Gasteiger partial charge in [-0.1, -0.05) is 5.21 Å². The standard InChI is InChI=1S/C17H21FN4O4/c1-17(2,3)26-16(25)21-6-4-10(5-7-21)22-14-8-11(15(23)24)12(18)9-13(14)19-20-22/h8-10H,4-7H2,1-3H3,(H,23,24). The number of nitrogens with zero attached hydrogens (tertiary/aromatic N) is 4. The summed E-state index contributed by atoms with van der Waals surface area (Å²) in [6, 6.07) is 2.29. The van der Waals surface area contributed by atoms with Gasteiger partial charge >= 0.3 is 12.1 Å². The first kappa shape index (κ1) is 18.1. The fourth-order valence-corrected chi connectivity index (χ4v) is 3.01. The number of halogens is 1. The van der Waals surface area contributed by atoms with Crippen molar-refractivity contribution in [2.75, 3.05) is 13.1 Å². The van der Waals surface area contributed by atoms with Crippen LogP contribution in [0.1, 0.15) is 50.0 Å². The summed E-state index contributed by atoms with van der Waals surface area (Å²) in [7, 11) is 0. The number of carboxylic acids is 1. The van der Waals surface area contributed by atoms with Crippen molar-refractivity contribution in [1.29, 1.82) is 0 Å². The molecular formula is C17H21FN4O4. The first-order valence-electron chi connectivity index (χ1n) is 8.41. The number of piperidine rings is 1. The predicted molar refractivity (Wildman–Crippen MR) is 90.5 cm³/mol. The van der Waals surface area contributed by atoms with Gasteiger partial charge in [-0.15, -0.1) is 5.10 Å². The lowest BCUT2D eigenvalue weighted by atomic mass is 10.0. The van der Waals surface area contributed by atoms with Gasteiger partial charge < -0.3 is 14.7 Å². The highest BCUT2D eigenvalue weighted by molar-refractivity contribution is 5.92. The minimum absolute atomic E-state index is 0.0502. The number of ether oxygens (including phenoxy) is 1. The zero-order valence-corrected chi connectivity index (χ0v) is 14.9. The summed E-state index contributed by atoms with van der Waals surface area (Å²) in [5, 5.41) is 17.1. The van der Waals surface area contributed by atoms with E-state index in [0.717, 1.165) is 6.07 Å². The molecule has 0 unspecified atom stereocenters. The monoisotopic (exact) mass is 364 g/mol. The van der Waals surface area contributed by atoms with Crippen molar-refractivity contribution in [3.8, 4) is 0 Å². The van der Waals surface area contributed by atoms with Gasteiger partial charge in [0.05, 0.1) is 17.1 Å². The van der Waals surface area contributed by atoms with Crippen LogP contribution in [0, 0.1) is 5.82 Å². The molecule has 2 heterocycles. The molecule has 1 aromatic carbocycles. The van der Waals surface area contributed by atoms with E-state index in [2.05, 4.69) is 10.3 Å². The van der Waals surface area contributed by atoms with Gasteiger partial charge in [0.2, 0.25) is 0 Å². The zero-order valence-electron chi connectivity index (χ0n) is 14.9. The van der Waals surface area contributed by atoms with Crippen LogP contribution in [0.3, 0.4) is 0 Å². The number of carbonyl (C=O) groups is 2. The second kappa shape index (κ2) is 6.54. The van der Waals surface area contributed by atoms with Gasteiger partial charge in [0.25, 0.3) is 0 Å². The van der Waals surface area contributed by atoms with E-state index in [1.807, 2.05) is 20.8 Å². The van der Waals surface area contributed by atoms with E-state index in [1.165, 1.54) is 6.07 Å². The van der Waals surface area contributed by atoms with E-state index < -0.39 is 23.0 Å². The van der Waals surface area contributed by atoms with Crippen molar-refractivity contribution >= 4 is 23.1 Å². The van der Waals surface area contributed by atoms with E-state index in [0.29, 0.717) is 37.0 Å². The molecule has 0 spiro atoms. The van der Waals surface area contributed by atoms with E-state index in [1.54, 1.807) is 9.58 Å². The summed E-state index contributed by atoms with van der Waals surface area (Å²) < 4.78 is 20.8. The molecule has 1 aromatic heterocycles. The Labute approximate surface area is 149 Å². The highest BCUT2D eigenvalue weighted by Gasteiger charge is 2.29. The summed E-state index contributed by atoms with van der Waals surface area (Å²) in [5.74, 6) is -2.17. The first-order valence-corrected chi connectivity index (χ1v) is 8.41. The van der Waals surface area contributed by atoms with Crippen LogP contribution in [0.2, 0.25) is 0 Å². The van der Waals surface area contributed by atoms with Gasteiger partial charge in [0.15, 0.2) is 0 Å². The van der Waals surface area contributed by atoms with Crippen molar-refractivity contribution < 1.29 is 23.8 Å². The minimum atomic E-state index is -1.34. The SMILES string of the molecule is CC(C)(C)OC(=O)N1CCC(n2nnc3cc(F)c(C(=O)O)cc32)CC1. The maximum absolute atomic E-state index is 13.8. The van der Waals surface area contributed by atoms with Crippen LogP contribution in [0.25, 0.3) is 11.0 Å². The average Bonchev–Trinajstić information content (AvgIpc) is 2.95. The van der Waals surface area contributed by atoms with Crippen LogP contribution in [-0.4, -0.2) is 55.8 Å². The first-order chi connectivity index (χ1) is 12.2. The maximum Gasteiger partial charge on any atom is 0.410 e. The molecule has 0 aliphatic carbocycles. The van der Waals surface area contributed by atoms with Crippen LogP contribution >= 0.6 is 0 Å². The lowest BCUT2D eigenvalue weighted by molar-refractivity contribution is 0.0185. The van der Waals surface area contributed by atoms with Gasteiger partial charge in [-0.3, -0.25) is 0 Å². The number of carbonyl (C=O) groups excluding carboxylic acids is 1. The summed E-state index contributed by atoms with van der Waals surface area (Å²) in [5.41, 5.74) is -0.179. The second-order valence-corrected chi connectivity index (χ2v) is 7.36. The summed E-state index contributed by atoms with van der Waals surface area (Å²) in [4.78, 5) is 24.9. The van der Waals surface area contributed by atoms with Gasteiger partial charge in [0.1, 0.15) is 16.9 Å². The Morgan fingerprint density at radius 2 is 1.92 bits per heavy atom. The van der Waals surface area contributed by atoms with Crippen molar-refractivity contribution in [2.24, 2.45) is 0 Å². The quantitative estimate of drug-likeness (QED) is 0.880. The fourth-order valence-electron chi connectivity index (χ4n) is 3.01. The molecule has 1 amide bonds. The Morgan fingerprint density at radius 1 is 1.27 bits per heavy atom. The molecular weight excluding hydrogens is 343 g/mol. The highest BCUT2D eigenvalue weighted by atomic mass is 19.1. The molecule has 0 bridgehead atoms. The van der Waals surface area contributed by atoms with Crippen LogP contribution in [-0.2, 0) is 4.74 Å². The molecule has 8 nitrogen and oxygen atoms in total. The number of rotatable bonds is 2. The molecule has 1 N–H and O–H groups in total. The van der Waals surface area contributed by atoms with Gasteiger partial charge in [-0.2, -0.15) is 0 Å². The zero-order chi connectivity index (χ0) is 19.1. The molecule has 3 rings (SSSR count). The number of hydrogen-bond acceptors (Lipinski definition) is 5. The van der Waals surface area contributed by atoms with Crippen molar-refractivity contribution in [3.63, 3.8) is 0 Å². The van der Waals surface area contributed by atoms with E-state index in [9.17, 15) is 14.0 Å². The lowest BCUT2D eigenvalue weighted by Crippen LogP contribution is -2.42. The number of aromatic carboxylic acids is 1. The van der Waals surface area contributed by atoms with Crippen LogP contribution in [0.4, 0.5) is 9.18 Å². The molecule has 0 radical (unpaired) electrons. The average molecular weight is 364 g/mol. The molecule has 0 atom stereocenters. The molecule has 2 aromatic rings. The van der Waals surface area contributed by atoms with E-state index in [-0.39, 0.29) is 12.1 Å². The normalized spacial score (nSPS) is 16.1. The van der Waals surface area contributed by atoms with E-state index >= 15 is 0 Å². The molecule has 1 saturated heterocycles. The summed E-state index contributed by atoms with van der Waals surface area (Å²) in [6.07, 6.45) is 0.893. The molecule has 26 heavy (non-hydrogen) atoms. The largest absolute Gasteiger partial charge is 0.478 e. The van der Waals surface area contributed by atoms with Crippen molar-refractivity contribution in [1.82, 2.24) is 19.9 Å². The predicted octanol–water partition coefficient (Wildman–Crippen LogP) is 2.84. The summed E-state index contributed by atoms with van der Waals surface area (Å²) >= 11 is 0. The Hall–Kier alpha value is -2.71. The number of amides is 1. The van der Waals surface area contributed by atoms with Crippen molar-refractivity contribution in [3.05, 3.63) is 23.5 Å². The minimum Gasteiger partial charge on any atom is -0.478 e. The van der Waals surface area contributed by atoms with E-state index in [4.69, 9.17) is 9.84 Å². The third-order valence-corrected chi connectivity index (χ3v) is 4.25. The van der Waals surface area contributed by atoms with Gasteiger partial charge in [-0.25, -0.2) is 18.7 Å². The molecule has 1 aliphatic heterocycles. The molecule has 1 aliphatic rings. The number of benzene rings is 1. The third-order valence-electron chi connectivity index (χ3n) is 4.25. The smallest absolute Gasteiger partial charge is 0.410 e. The van der Waals surface area contributed by atoms with Crippen molar-refractivity contribution in [2.45, 2.75) is 45.3 Å². The molecule has 140 valence electrons. The Kier molecular flexibility index (Phi) is 4.55. The van der Waals surface area contributed by atoms with Crippen LogP contribution in [0.15, 0.2) is 12.1 Å². The maximum atomic E-state index is 13.8. The summed E-state index contributed by atoms with van der Waals surface area (Å²) in [6.45, 7) is 6.44. The van der Waals surface area contributed by atoms with Gasteiger partial charge in [-0.05, 0) is 39.7 Å². The molecule has 9 heteroatoms. The number of carboxylic acid groups (broad SMARTS) is 1. The number of likely N-dealkylation sites (tertiary alicyclic amines) is 1. The van der Waals surface area contributed by atoms with Gasteiger partial charge in [0, 0.05) is 19.2 Å². The Morgan fingerprint density at radius 3 is 2.50 bits per heavy atom. The lowest BCUT2D eigenvalue weighted by Gasteiger charge is -2.33. The Bertz CT molecular complexity index is 850. The molecule has 1 fully saturated rings. The van der Waals surface area contributed by atoms with Crippen LogP contribution in [0.5, 0.6) is 0 Å². The molecule has 0 saturated carbocycles. The number of hydrogen-bond donors (Lipinski definition) is 1. The Balaban J connectivity index is 1.76. The second-order valence-electron chi connectivity index (χ2n) is 7.36. The van der Waals surface area contributed by atoms with Crippen LogP contribution < -0.4 is 0 Å². The topological polar surface area (TPSA) is 97.5 Å². The number of fused-ring (bicyclic) bond motifs is 1. The highest BCUT2D eigenvalue weighted by Crippen LogP contribution is 2.27.